The molecule has 0 radical (unpaired) electrons. The van der Waals surface area contributed by atoms with Crippen LogP contribution in [0, 0.1) is 0 Å². The molecule has 0 aliphatic carbocycles. The van der Waals surface area contributed by atoms with Gasteiger partial charge in [0.2, 0.25) is 0 Å². The van der Waals surface area contributed by atoms with Crippen molar-refractivity contribution in [1.29, 1.82) is 0 Å². The van der Waals surface area contributed by atoms with Crippen molar-refractivity contribution >= 4 is 23.5 Å². The van der Waals surface area contributed by atoms with E-state index in [4.69, 9.17) is 0 Å². The predicted molar refractivity (Wildman–Crippen MR) is 97.2 cm³/mol. The van der Waals surface area contributed by atoms with Gasteiger partial charge in [0.15, 0.2) is 5.96 Å². The summed E-state index contributed by atoms with van der Waals surface area (Å²) in [7, 11) is 1.67. The van der Waals surface area contributed by atoms with Gasteiger partial charge in [-0.2, -0.15) is 24.9 Å². The van der Waals surface area contributed by atoms with Crippen molar-refractivity contribution in [2.75, 3.05) is 37.8 Å². The first kappa shape index (κ1) is 19.7. The fraction of sp³-hybridized carbons (Fsp3) is 0.625. The molecule has 9 heteroatoms. The maximum atomic E-state index is 12.9. The summed E-state index contributed by atoms with van der Waals surface area (Å²) in [4.78, 5) is 7.92. The molecule has 5 nitrogen and oxygen atoms in total. The average molecular weight is 375 g/mol. The first-order chi connectivity index (χ1) is 11.8. The van der Waals surface area contributed by atoms with Gasteiger partial charge < -0.3 is 16.0 Å². The Morgan fingerprint density at radius 3 is 2.80 bits per heavy atom. The Hall–Kier alpha value is -1.64. The molecule has 1 unspecified atom stereocenters. The molecule has 1 aliphatic heterocycles. The van der Waals surface area contributed by atoms with Crippen molar-refractivity contribution in [1.82, 2.24) is 15.6 Å². The highest BCUT2D eigenvalue weighted by Crippen LogP contribution is 2.37. The Kier molecular flexibility index (Phi) is 6.80. The van der Waals surface area contributed by atoms with Gasteiger partial charge in [0.25, 0.3) is 0 Å². The standard InChI is InChI=1S/C16H24F3N5S/c1-15(6-4-10-25-15)11-24-14(20-2)23-9-8-22-13-12(16(17,18)19)5-3-7-21-13/h3,5,7H,4,6,8-11H2,1-2H3,(H,21,22)(H2,20,23,24). The van der Waals surface area contributed by atoms with Crippen molar-refractivity contribution in [3.63, 3.8) is 0 Å². The van der Waals surface area contributed by atoms with Gasteiger partial charge in [0, 0.05) is 37.6 Å². The summed E-state index contributed by atoms with van der Waals surface area (Å²) in [6, 6.07) is 2.29. The number of alkyl halides is 3. The molecule has 0 bridgehead atoms. The van der Waals surface area contributed by atoms with Crippen LogP contribution < -0.4 is 16.0 Å². The Bertz CT molecular complexity index is 585. The normalized spacial score (nSPS) is 21.2. The molecule has 1 saturated heterocycles. The minimum atomic E-state index is -4.42. The van der Waals surface area contributed by atoms with Gasteiger partial charge >= 0.3 is 6.18 Å². The molecular formula is C16H24F3N5S. The van der Waals surface area contributed by atoms with E-state index in [1.807, 2.05) is 11.8 Å². The second kappa shape index (κ2) is 8.64. The molecule has 2 heterocycles. The number of hydrogen-bond donors (Lipinski definition) is 3. The molecule has 0 aromatic carbocycles. The first-order valence-electron chi connectivity index (χ1n) is 8.19. The summed E-state index contributed by atoms with van der Waals surface area (Å²) in [5, 5.41) is 9.10. The van der Waals surface area contributed by atoms with Crippen LogP contribution in [0.15, 0.2) is 23.3 Å². The fourth-order valence-electron chi connectivity index (χ4n) is 2.60. The van der Waals surface area contributed by atoms with Crippen LogP contribution in [0.3, 0.4) is 0 Å². The van der Waals surface area contributed by atoms with Crippen molar-refractivity contribution in [3.05, 3.63) is 23.9 Å². The van der Waals surface area contributed by atoms with Crippen LogP contribution >= 0.6 is 11.8 Å². The summed E-state index contributed by atoms with van der Waals surface area (Å²) in [5.41, 5.74) is -0.760. The molecule has 0 saturated carbocycles. The number of hydrogen-bond acceptors (Lipinski definition) is 4. The van der Waals surface area contributed by atoms with Crippen molar-refractivity contribution in [2.45, 2.75) is 30.7 Å². The lowest BCUT2D eigenvalue weighted by Gasteiger charge is -2.24. The van der Waals surface area contributed by atoms with Crippen LogP contribution in [0.1, 0.15) is 25.3 Å². The van der Waals surface area contributed by atoms with E-state index in [1.165, 1.54) is 30.9 Å². The van der Waals surface area contributed by atoms with Gasteiger partial charge in [-0.15, -0.1) is 0 Å². The minimum Gasteiger partial charge on any atom is -0.368 e. The predicted octanol–water partition coefficient (Wildman–Crippen LogP) is 2.96. The zero-order chi connectivity index (χ0) is 18.3. The number of pyridine rings is 1. The number of nitrogens with zero attached hydrogens (tertiary/aromatic N) is 2. The molecule has 1 aromatic rings. The lowest BCUT2D eigenvalue weighted by molar-refractivity contribution is -0.137. The Balaban J connectivity index is 1.76. The van der Waals surface area contributed by atoms with Crippen LogP contribution in [0.5, 0.6) is 0 Å². The van der Waals surface area contributed by atoms with E-state index >= 15 is 0 Å². The summed E-state index contributed by atoms with van der Waals surface area (Å²) in [6.07, 6.45) is -0.686. The molecule has 1 fully saturated rings. The molecular weight excluding hydrogens is 351 g/mol. The second-order valence-electron chi connectivity index (χ2n) is 6.08. The molecule has 25 heavy (non-hydrogen) atoms. The van der Waals surface area contributed by atoms with Crippen LogP contribution in [0.2, 0.25) is 0 Å². The van der Waals surface area contributed by atoms with E-state index in [-0.39, 0.29) is 10.6 Å². The molecule has 3 N–H and O–H groups in total. The number of aliphatic imine (C=N–C) groups is 1. The topological polar surface area (TPSA) is 61.3 Å². The summed E-state index contributed by atoms with van der Waals surface area (Å²) < 4.78 is 38.9. The van der Waals surface area contributed by atoms with E-state index in [2.05, 4.69) is 32.9 Å². The lowest BCUT2D eigenvalue weighted by Crippen LogP contribution is -2.44. The van der Waals surface area contributed by atoms with Crippen LogP contribution in [0.25, 0.3) is 0 Å². The fourth-order valence-corrected chi connectivity index (χ4v) is 3.85. The number of guanidine groups is 1. The molecule has 1 aromatic heterocycles. The second-order valence-corrected chi connectivity index (χ2v) is 7.76. The number of rotatable bonds is 6. The van der Waals surface area contributed by atoms with Gasteiger partial charge in [-0.1, -0.05) is 0 Å². The molecule has 2 rings (SSSR count). The maximum Gasteiger partial charge on any atom is 0.419 e. The van der Waals surface area contributed by atoms with Gasteiger partial charge in [0.1, 0.15) is 5.82 Å². The third-order valence-corrected chi connectivity index (χ3v) is 5.52. The zero-order valence-corrected chi connectivity index (χ0v) is 15.2. The number of nitrogens with one attached hydrogen (secondary N) is 3. The minimum absolute atomic E-state index is 0.158. The Morgan fingerprint density at radius 1 is 1.36 bits per heavy atom. The van der Waals surface area contributed by atoms with Gasteiger partial charge in [0.05, 0.1) is 5.56 Å². The Labute approximate surface area is 150 Å². The lowest BCUT2D eigenvalue weighted by atomic mass is 10.1. The van der Waals surface area contributed by atoms with Crippen molar-refractivity contribution < 1.29 is 13.2 Å². The number of thioether (sulfide) groups is 1. The van der Waals surface area contributed by atoms with Gasteiger partial charge in [-0.05, 0) is 37.7 Å². The zero-order valence-electron chi connectivity index (χ0n) is 14.4. The van der Waals surface area contributed by atoms with E-state index in [9.17, 15) is 13.2 Å². The highest BCUT2D eigenvalue weighted by Gasteiger charge is 2.34. The monoisotopic (exact) mass is 375 g/mol. The van der Waals surface area contributed by atoms with E-state index in [0.29, 0.717) is 19.0 Å². The van der Waals surface area contributed by atoms with Gasteiger partial charge in [-0.3, -0.25) is 4.99 Å². The third kappa shape index (κ3) is 5.98. The first-order valence-corrected chi connectivity index (χ1v) is 9.17. The van der Waals surface area contributed by atoms with Crippen LogP contribution in [-0.4, -0.2) is 48.1 Å². The van der Waals surface area contributed by atoms with E-state index < -0.39 is 11.7 Å². The summed E-state index contributed by atoms with van der Waals surface area (Å²) in [6.45, 7) is 3.76. The summed E-state index contributed by atoms with van der Waals surface area (Å²) in [5.74, 6) is 1.67. The van der Waals surface area contributed by atoms with Crippen LogP contribution in [-0.2, 0) is 6.18 Å². The van der Waals surface area contributed by atoms with E-state index in [1.54, 1.807) is 7.05 Å². The maximum absolute atomic E-state index is 12.9. The quantitative estimate of drug-likeness (QED) is 0.405. The van der Waals surface area contributed by atoms with Gasteiger partial charge in [-0.25, -0.2) is 4.98 Å². The highest BCUT2D eigenvalue weighted by atomic mass is 32.2. The number of anilines is 1. The smallest absolute Gasteiger partial charge is 0.368 e. The molecule has 140 valence electrons. The molecule has 0 amide bonds. The number of aromatic nitrogens is 1. The summed E-state index contributed by atoms with van der Waals surface area (Å²) >= 11 is 1.95. The largest absolute Gasteiger partial charge is 0.419 e. The van der Waals surface area contributed by atoms with E-state index in [0.717, 1.165) is 12.6 Å². The molecule has 1 atom stereocenters. The molecule has 0 spiro atoms. The van der Waals surface area contributed by atoms with Crippen molar-refractivity contribution in [2.24, 2.45) is 4.99 Å². The highest BCUT2D eigenvalue weighted by molar-refractivity contribution is 8.00. The van der Waals surface area contributed by atoms with Crippen LogP contribution in [0.4, 0.5) is 19.0 Å². The average Bonchev–Trinajstić information content (AvgIpc) is 3.00. The SMILES string of the molecule is CN=C(NCCNc1ncccc1C(F)(F)F)NCC1(C)CCCS1. The number of halogens is 3. The Morgan fingerprint density at radius 2 is 2.16 bits per heavy atom. The molecule has 1 aliphatic rings. The van der Waals surface area contributed by atoms with Crippen molar-refractivity contribution in [3.8, 4) is 0 Å². The third-order valence-electron chi connectivity index (χ3n) is 3.98.